The van der Waals surface area contributed by atoms with Gasteiger partial charge in [-0.3, -0.25) is 4.98 Å². The molecule has 0 saturated heterocycles. The maximum absolute atomic E-state index is 11.1. The number of aromatic nitrogens is 1. The molecule has 0 fully saturated rings. The molecule has 5 nitrogen and oxygen atoms in total. The molecule has 0 aliphatic heterocycles. The number of hydrogen-bond donors (Lipinski definition) is 3. The van der Waals surface area contributed by atoms with Crippen LogP contribution in [0.4, 0.5) is 17.1 Å². The fourth-order valence-electron chi connectivity index (χ4n) is 2.24. The number of carbonyl (C=O) groups is 1. The molecule has 0 aliphatic carbocycles. The van der Waals surface area contributed by atoms with Gasteiger partial charge in [-0.05, 0) is 24.3 Å². The van der Waals surface area contributed by atoms with Gasteiger partial charge in [0.25, 0.3) is 0 Å². The topological polar surface area (TPSA) is 88.2 Å². The number of carboxylic acid groups (broad SMARTS) is 1. The van der Waals surface area contributed by atoms with Crippen LogP contribution in [0.15, 0.2) is 54.9 Å². The highest BCUT2D eigenvalue weighted by Gasteiger charge is 2.11. The fourth-order valence-corrected chi connectivity index (χ4v) is 2.24. The second kappa shape index (κ2) is 5.13. The van der Waals surface area contributed by atoms with Crippen LogP contribution in [0, 0.1) is 0 Å². The first-order chi connectivity index (χ1) is 10.2. The van der Waals surface area contributed by atoms with E-state index >= 15 is 0 Å². The number of aromatic carboxylic acids is 1. The summed E-state index contributed by atoms with van der Waals surface area (Å²) >= 11 is 0. The first kappa shape index (κ1) is 12.9. The summed E-state index contributed by atoms with van der Waals surface area (Å²) in [7, 11) is 0. The third kappa shape index (κ3) is 2.36. The summed E-state index contributed by atoms with van der Waals surface area (Å²) in [4.78, 5) is 15.2. The average molecular weight is 279 g/mol. The average Bonchev–Trinajstić information content (AvgIpc) is 2.49. The molecule has 3 rings (SSSR count). The summed E-state index contributed by atoms with van der Waals surface area (Å²) in [5.41, 5.74) is 7.64. The number of anilines is 3. The van der Waals surface area contributed by atoms with Crippen molar-refractivity contribution in [3.8, 4) is 0 Å². The summed E-state index contributed by atoms with van der Waals surface area (Å²) in [5, 5.41) is 14.3. The number of fused-ring (bicyclic) bond motifs is 1. The van der Waals surface area contributed by atoms with Crippen LogP contribution in [-0.4, -0.2) is 16.1 Å². The number of carboxylic acids is 1. The zero-order valence-electron chi connectivity index (χ0n) is 11.1. The number of rotatable bonds is 3. The number of nitrogen functional groups attached to an aromatic ring is 1. The SMILES string of the molecule is Nc1c(Nc2cccc3cnccc23)cccc1C(=O)O. The van der Waals surface area contributed by atoms with Gasteiger partial charge >= 0.3 is 5.97 Å². The maximum Gasteiger partial charge on any atom is 0.337 e. The van der Waals surface area contributed by atoms with Gasteiger partial charge in [-0.15, -0.1) is 0 Å². The third-order valence-corrected chi connectivity index (χ3v) is 3.29. The molecule has 21 heavy (non-hydrogen) atoms. The van der Waals surface area contributed by atoms with E-state index in [9.17, 15) is 4.79 Å². The molecule has 0 atom stereocenters. The van der Waals surface area contributed by atoms with Crippen molar-refractivity contribution in [2.75, 3.05) is 11.1 Å². The minimum absolute atomic E-state index is 0.0851. The van der Waals surface area contributed by atoms with E-state index in [4.69, 9.17) is 10.8 Å². The Morgan fingerprint density at radius 2 is 1.86 bits per heavy atom. The van der Waals surface area contributed by atoms with Crippen LogP contribution in [0.1, 0.15) is 10.4 Å². The molecule has 0 unspecified atom stereocenters. The minimum atomic E-state index is -1.04. The van der Waals surface area contributed by atoms with Crippen LogP contribution in [0.5, 0.6) is 0 Å². The predicted octanol–water partition coefficient (Wildman–Crippen LogP) is 3.26. The van der Waals surface area contributed by atoms with Crippen molar-refractivity contribution in [3.63, 3.8) is 0 Å². The molecule has 1 heterocycles. The zero-order chi connectivity index (χ0) is 14.8. The number of hydrogen-bond acceptors (Lipinski definition) is 4. The molecule has 0 saturated carbocycles. The number of pyridine rings is 1. The maximum atomic E-state index is 11.1. The lowest BCUT2D eigenvalue weighted by molar-refractivity contribution is 0.0698. The van der Waals surface area contributed by atoms with Crippen molar-refractivity contribution >= 4 is 33.8 Å². The van der Waals surface area contributed by atoms with Gasteiger partial charge in [-0.1, -0.05) is 18.2 Å². The van der Waals surface area contributed by atoms with Crippen molar-refractivity contribution in [2.45, 2.75) is 0 Å². The van der Waals surface area contributed by atoms with Gasteiger partial charge in [0, 0.05) is 28.9 Å². The van der Waals surface area contributed by atoms with Crippen LogP contribution in [0.3, 0.4) is 0 Å². The third-order valence-electron chi connectivity index (χ3n) is 3.29. The Morgan fingerprint density at radius 3 is 2.67 bits per heavy atom. The van der Waals surface area contributed by atoms with Crippen molar-refractivity contribution in [2.24, 2.45) is 0 Å². The highest BCUT2D eigenvalue weighted by atomic mass is 16.4. The van der Waals surface area contributed by atoms with E-state index < -0.39 is 5.97 Å². The summed E-state index contributed by atoms with van der Waals surface area (Å²) in [6.07, 6.45) is 3.49. The molecular weight excluding hydrogens is 266 g/mol. The van der Waals surface area contributed by atoms with E-state index in [1.807, 2.05) is 24.3 Å². The lowest BCUT2D eigenvalue weighted by Crippen LogP contribution is -2.05. The first-order valence-electron chi connectivity index (χ1n) is 6.38. The zero-order valence-corrected chi connectivity index (χ0v) is 11.1. The van der Waals surface area contributed by atoms with Crippen LogP contribution < -0.4 is 11.1 Å². The molecule has 0 spiro atoms. The molecule has 0 aliphatic rings. The Labute approximate surface area is 121 Å². The molecular formula is C16H13N3O2. The van der Waals surface area contributed by atoms with Crippen LogP contribution in [-0.2, 0) is 0 Å². The molecule has 4 N–H and O–H groups in total. The van der Waals surface area contributed by atoms with Gasteiger partial charge in [0.2, 0.25) is 0 Å². The fraction of sp³-hybridized carbons (Fsp3) is 0. The number of nitrogens with zero attached hydrogens (tertiary/aromatic N) is 1. The summed E-state index contributed by atoms with van der Waals surface area (Å²) < 4.78 is 0. The minimum Gasteiger partial charge on any atom is -0.478 e. The molecule has 3 aromatic rings. The van der Waals surface area contributed by atoms with E-state index in [1.165, 1.54) is 6.07 Å². The van der Waals surface area contributed by atoms with Crippen molar-refractivity contribution in [1.82, 2.24) is 4.98 Å². The number of nitrogens with one attached hydrogen (secondary N) is 1. The molecule has 0 radical (unpaired) electrons. The van der Waals surface area contributed by atoms with Crippen LogP contribution in [0.2, 0.25) is 0 Å². The molecule has 2 aromatic carbocycles. The van der Waals surface area contributed by atoms with E-state index in [0.29, 0.717) is 5.69 Å². The Bertz CT molecular complexity index is 825. The summed E-state index contributed by atoms with van der Waals surface area (Å²) in [5.74, 6) is -1.04. The van der Waals surface area contributed by atoms with Crippen molar-refractivity contribution in [1.29, 1.82) is 0 Å². The Morgan fingerprint density at radius 1 is 1.10 bits per heavy atom. The second-order valence-electron chi connectivity index (χ2n) is 4.60. The smallest absolute Gasteiger partial charge is 0.337 e. The highest BCUT2D eigenvalue weighted by molar-refractivity contribution is 6.00. The predicted molar refractivity (Wildman–Crippen MR) is 82.8 cm³/mol. The van der Waals surface area contributed by atoms with Gasteiger partial charge in [-0.25, -0.2) is 4.79 Å². The van der Waals surface area contributed by atoms with E-state index in [2.05, 4.69) is 10.3 Å². The second-order valence-corrected chi connectivity index (χ2v) is 4.60. The Hall–Kier alpha value is -3.08. The molecule has 1 aromatic heterocycles. The molecule has 0 amide bonds. The van der Waals surface area contributed by atoms with Gasteiger partial charge in [0.05, 0.1) is 16.9 Å². The molecule has 0 bridgehead atoms. The summed E-state index contributed by atoms with van der Waals surface area (Å²) in [6.45, 7) is 0. The number of benzene rings is 2. The first-order valence-corrected chi connectivity index (χ1v) is 6.38. The Balaban J connectivity index is 2.07. The Kier molecular flexibility index (Phi) is 3.16. The summed E-state index contributed by atoms with van der Waals surface area (Å²) in [6, 6.07) is 12.6. The highest BCUT2D eigenvalue weighted by Crippen LogP contribution is 2.30. The molecule has 5 heteroatoms. The normalized spacial score (nSPS) is 10.5. The quantitative estimate of drug-likeness (QED) is 0.640. The van der Waals surface area contributed by atoms with E-state index in [1.54, 1.807) is 24.5 Å². The van der Waals surface area contributed by atoms with Crippen LogP contribution >= 0.6 is 0 Å². The number of para-hydroxylation sites is 1. The largest absolute Gasteiger partial charge is 0.478 e. The molecule has 104 valence electrons. The lowest BCUT2D eigenvalue weighted by Gasteiger charge is -2.13. The van der Waals surface area contributed by atoms with Crippen molar-refractivity contribution < 1.29 is 9.90 Å². The van der Waals surface area contributed by atoms with Gasteiger partial charge in [0.1, 0.15) is 0 Å². The number of nitrogens with two attached hydrogens (primary N) is 1. The lowest BCUT2D eigenvalue weighted by atomic mass is 10.1. The van der Waals surface area contributed by atoms with Crippen LogP contribution in [0.25, 0.3) is 10.8 Å². The van der Waals surface area contributed by atoms with Gasteiger partial charge in [-0.2, -0.15) is 0 Å². The van der Waals surface area contributed by atoms with E-state index in [-0.39, 0.29) is 11.3 Å². The van der Waals surface area contributed by atoms with Gasteiger partial charge < -0.3 is 16.2 Å². The van der Waals surface area contributed by atoms with E-state index in [0.717, 1.165) is 16.5 Å². The van der Waals surface area contributed by atoms with Gasteiger partial charge in [0.15, 0.2) is 0 Å². The standard InChI is InChI=1S/C16H13N3O2/c17-15-12(16(20)21)4-2-6-14(15)19-13-5-1-3-10-9-18-8-7-11(10)13/h1-9,19H,17H2,(H,20,21). The monoisotopic (exact) mass is 279 g/mol. The van der Waals surface area contributed by atoms with Crippen molar-refractivity contribution in [3.05, 3.63) is 60.4 Å².